The maximum Gasteiger partial charge on any atom is 0.0117 e. The number of rotatable bonds is 5. The van der Waals surface area contributed by atoms with Crippen molar-refractivity contribution in [3.63, 3.8) is 0 Å². The van der Waals surface area contributed by atoms with Gasteiger partial charge in [0.2, 0.25) is 0 Å². The summed E-state index contributed by atoms with van der Waals surface area (Å²) in [4.78, 5) is 5.26. The Kier molecular flexibility index (Phi) is 7.09. The minimum Gasteiger partial charge on any atom is -0.316 e. The van der Waals surface area contributed by atoms with E-state index < -0.39 is 0 Å². The fourth-order valence-corrected chi connectivity index (χ4v) is 3.63. The van der Waals surface area contributed by atoms with Gasteiger partial charge in [0, 0.05) is 19.1 Å². The highest BCUT2D eigenvalue weighted by atomic mass is 35.5. The van der Waals surface area contributed by atoms with Gasteiger partial charge in [-0.1, -0.05) is 13.8 Å². The normalized spacial score (nSPS) is 29.7. The zero-order valence-corrected chi connectivity index (χ0v) is 13.8. The Balaban J connectivity index is 0.00000180. The topological polar surface area (TPSA) is 18.5 Å². The highest BCUT2D eigenvalue weighted by Gasteiger charge is 2.32. The zero-order valence-electron chi connectivity index (χ0n) is 13.0. The van der Waals surface area contributed by atoms with Crippen LogP contribution in [0.2, 0.25) is 0 Å². The highest BCUT2D eigenvalue weighted by molar-refractivity contribution is 5.85. The molecule has 1 N–H and O–H groups in total. The third-order valence-electron chi connectivity index (χ3n) is 4.81. The molecular formula is C15H32ClN3. The van der Waals surface area contributed by atoms with E-state index >= 15 is 0 Å². The lowest BCUT2D eigenvalue weighted by Gasteiger charge is -2.39. The average Bonchev–Trinajstić information content (AvgIpc) is 2.77. The Bertz CT molecular complexity index is 246. The van der Waals surface area contributed by atoms with Crippen LogP contribution in [0.4, 0.5) is 0 Å². The first kappa shape index (κ1) is 17.2. The van der Waals surface area contributed by atoms with Crippen molar-refractivity contribution in [2.75, 3.05) is 46.3 Å². The molecule has 114 valence electrons. The molecule has 2 aliphatic heterocycles. The van der Waals surface area contributed by atoms with Gasteiger partial charge in [-0.2, -0.15) is 0 Å². The Hall–Kier alpha value is 0.170. The molecule has 2 fully saturated rings. The van der Waals surface area contributed by atoms with Crippen LogP contribution in [0.25, 0.3) is 0 Å². The van der Waals surface area contributed by atoms with Crippen LogP contribution in [-0.4, -0.2) is 62.2 Å². The maximum atomic E-state index is 3.51. The molecule has 1 atom stereocenters. The van der Waals surface area contributed by atoms with Gasteiger partial charge >= 0.3 is 0 Å². The number of hydrogen-bond donors (Lipinski definition) is 1. The van der Waals surface area contributed by atoms with Crippen LogP contribution < -0.4 is 5.32 Å². The van der Waals surface area contributed by atoms with Crippen LogP contribution in [-0.2, 0) is 0 Å². The molecule has 0 radical (unpaired) electrons. The molecule has 0 aromatic carbocycles. The van der Waals surface area contributed by atoms with Gasteiger partial charge in [-0.3, -0.25) is 0 Å². The SMILES string of the molecule is CCCN1CCC(N(C)CC2(C)CCNC2)CC1.Cl. The molecule has 0 spiro atoms. The molecule has 0 bridgehead atoms. The minimum absolute atomic E-state index is 0. The smallest absolute Gasteiger partial charge is 0.0117 e. The summed E-state index contributed by atoms with van der Waals surface area (Å²) >= 11 is 0. The van der Waals surface area contributed by atoms with Crippen molar-refractivity contribution >= 4 is 12.4 Å². The quantitative estimate of drug-likeness (QED) is 0.837. The van der Waals surface area contributed by atoms with Crippen LogP contribution in [0.3, 0.4) is 0 Å². The fourth-order valence-electron chi connectivity index (χ4n) is 3.63. The number of likely N-dealkylation sites (tertiary alicyclic amines) is 1. The van der Waals surface area contributed by atoms with E-state index in [1.54, 1.807) is 0 Å². The Morgan fingerprint density at radius 2 is 2.00 bits per heavy atom. The molecule has 3 nitrogen and oxygen atoms in total. The number of halogens is 1. The predicted octanol–water partition coefficient (Wildman–Crippen LogP) is 2.21. The largest absolute Gasteiger partial charge is 0.316 e. The standard InChI is InChI=1S/C15H31N3.ClH/c1-4-9-18-10-5-14(6-11-18)17(3)13-15(2)7-8-16-12-15;/h14,16H,4-13H2,1-3H3;1H. The second kappa shape index (κ2) is 7.82. The molecule has 0 saturated carbocycles. The second-order valence-electron chi connectivity index (χ2n) is 6.73. The molecule has 0 aromatic rings. The molecule has 1 unspecified atom stereocenters. The van der Waals surface area contributed by atoms with Gasteiger partial charge in [0.1, 0.15) is 0 Å². The molecule has 2 rings (SSSR count). The first-order valence-electron chi connectivity index (χ1n) is 7.76. The van der Waals surface area contributed by atoms with Gasteiger partial charge in [-0.15, -0.1) is 12.4 Å². The molecular weight excluding hydrogens is 258 g/mol. The Labute approximate surface area is 125 Å². The number of hydrogen-bond acceptors (Lipinski definition) is 3. The first-order valence-corrected chi connectivity index (χ1v) is 7.76. The van der Waals surface area contributed by atoms with E-state index in [1.165, 1.54) is 65.0 Å². The van der Waals surface area contributed by atoms with E-state index in [9.17, 15) is 0 Å². The van der Waals surface area contributed by atoms with Crippen molar-refractivity contribution in [1.82, 2.24) is 15.1 Å². The van der Waals surface area contributed by atoms with Crippen LogP contribution in [0.15, 0.2) is 0 Å². The van der Waals surface area contributed by atoms with Gasteiger partial charge in [0.25, 0.3) is 0 Å². The third kappa shape index (κ3) is 4.89. The summed E-state index contributed by atoms with van der Waals surface area (Å²) in [6.07, 6.45) is 5.36. The maximum absolute atomic E-state index is 3.51. The first-order chi connectivity index (χ1) is 8.63. The van der Waals surface area contributed by atoms with E-state index in [0.29, 0.717) is 5.41 Å². The van der Waals surface area contributed by atoms with Gasteiger partial charge in [0.05, 0.1) is 0 Å². The third-order valence-corrected chi connectivity index (χ3v) is 4.81. The minimum atomic E-state index is 0. The van der Waals surface area contributed by atoms with Crippen molar-refractivity contribution in [2.45, 2.75) is 45.6 Å². The summed E-state index contributed by atoms with van der Waals surface area (Å²) in [5, 5.41) is 3.51. The molecule has 0 aliphatic carbocycles. The summed E-state index contributed by atoms with van der Waals surface area (Å²) in [6, 6.07) is 0.815. The molecule has 0 amide bonds. The highest BCUT2D eigenvalue weighted by Crippen LogP contribution is 2.27. The molecule has 2 aliphatic rings. The average molecular weight is 290 g/mol. The van der Waals surface area contributed by atoms with Gasteiger partial charge < -0.3 is 15.1 Å². The lowest BCUT2D eigenvalue weighted by molar-refractivity contribution is 0.0971. The van der Waals surface area contributed by atoms with E-state index in [1.807, 2.05) is 0 Å². The number of nitrogens with zero attached hydrogens (tertiary/aromatic N) is 2. The lowest BCUT2D eigenvalue weighted by Crippen LogP contribution is -2.47. The summed E-state index contributed by atoms with van der Waals surface area (Å²) in [5.41, 5.74) is 0.509. The van der Waals surface area contributed by atoms with Crippen LogP contribution in [0, 0.1) is 5.41 Å². The Morgan fingerprint density at radius 3 is 2.53 bits per heavy atom. The van der Waals surface area contributed by atoms with Gasteiger partial charge in [-0.05, 0) is 64.3 Å². The summed E-state index contributed by atoms with van der Waals surface area (Å²) in [5.74, 6) is 0. The fraction of sp³-hybridized carbons (Fsp3) is 1.00. The summed E-state index contributed by atoms with van der Waals surface area (Å²) < 4.78 is 0. The van der Waals surface area contributed by atoms with Crippen molar-refractivity contribution in [3.8, 4) is 0 Å². The van der Waals surface area contributed by atoms with Crippen molar-refractivity contribution in [1.29, 1.82) is 0 Å². The van der Waals surface area contributed by atoms with E-state index in [-0.39, 0.29) is 12.4 Å². The summed E-state index contributed by atoms with van der Waals surface area (Å²) in [7, 11) is 2.34. The molecule has 0 aromatic heterocycles. The van der Waals surface area contributed by atoms with Gasteiger partial charge in [-0.25, -0.2) is 0 Å². The Morgan fingerprint density at radius 1 is 1.32 bits per heavy atom. The molecule has 19 heavy (non-hydrogen) atoms. The molecule has 2 heterocycles. The van der Waals surface area contributed by atoms with E-state index in [2.05, 4.69) is 36.0 Å². The predicted molar refractivity (Wildman–Crippen MR) is 85.2 cm³/mol. The zero-order chi connectivity index (χ0) is 13.0. The lowest BCUT2D eigenvalue weighted by atomic mass is 9.88. The number of piperidine rings is 1. The van der Waals surface area contributed by atoms with E-state index in [4.69, 9.17) is 0 Å². The van der Waals surface area contributed by atoms with Crippen molar-refractivity contribution < 1.29 is 0 Å². The van der Waals surface area contributed by atoms with Crippen LogP contribution in [0.1, 0.15) is 39.5 Å². The van der Waals surface area contributed by atoms with Gasteiger partial charge in [0.15, 0.2) is 0 Å². The molecule has 2 saturated heterocycles. The van der Waals surface area contributed by atoms with E-state index in [0.717, 1.165) is 6.04 Å². The molecule has 4 heteroatoms. The second-order valence-corrected chi connectivity index (χ2v) is 6.73. The summed E-state index contributed by atoms with van der Waals surface area (Å²) in [6.45, 7) is 12.3. The number of nitrogens with one attached hydrogen (secondary N) is 1. The van der Waals surface area contributed by atoms with Crippen LogP contribution >= 0.6 is 12.4 Å². The van der Waals surface area contributed by atoms with Crippen LogP contribution in [0.5, 0.6) is 0 Å². The van der Waals surface area contributed by atoms with Crippen molar-refractivity contribution in [3.05, 3.63) is 0 Å². The van der Waals surface area contributed by atoms with Crippen molar-refractivity contribution in [2.24, 2.45) is 5.41 Å². The monoisotopic (exact) mass is 289 g/mol.